The first-order valence-corrected chi connectivity index (χ1v) is 4.37. The maximum atomic E-state index is 8.49. The van der Waals surface area contributed by atoms with E-state index >= 15 is 0 Å². The van der Waals surface area contributed by atoms with Gasteiger partial charge in [0.15, 0.2) is 0 Å². The van der Waals surface area contributed by atoms with Crippen molar-refractivity contribution < 1.29 is 5.11 Å². The van der Waals surface area contributed by atoms with Gasteiger partial charge < -0.3 is 5.11 Å². The minimum Gasteiger partial charge on any atom is -0.392 e. The first kappa shape index (κ1) is 8.54. The fourth-order valence-electron chi connectivity index (χ4n) is 1.40. The summed E-state index contributed by atoms with van der Waals surface area (Å²) in [6.07, 6.45) is 12.5. The summed E-state index contributed by atoms with van der Waals surface area (Å²) in [6.45, 7) is 0.174. The minimum absolute atomic E-state index is 0.174. The molecule has 1 aliphatic rings. The Morgan fingerprint density at radius 3 is 2.91 bits per heavy atom. The van der Waals surface area contributed by atoms with Crippen LogP contribution in [-0.2, 0) is 0 Å². The van der Waals surface area contributed by atoms with Gasteiger partial charge in [0.05, 0.1) is 6.61 Å². The Bertz CT molecular complexity index is 156. The molecule has 62 valence electrons. The third-order valence-electron chi connectivity index (χ3n) is 2.04. The summed E-state index contributed by atoms with van der Waals surface area (Å²) >= 11 is 0. The lowest BCUT2D eigenvalue weighted by Crippen LogP contribution is -1.90. The van der Waals surface area contributed by atoms with Gasteiger partial charge in [-0.2, -0.15) is 0 Å². The maximum absolute atomic E-state index is 8.49. The molecule has 0 radical (unpaired) electrons. The zero-order chi connectivity index (χ0) is 7.94. The van der Waals surface area contributed by atoms with Crippen molar-refractivity contribution in [1.82, 2.24) is 0 Å². The highest BCUT2D eigenvalue weighted by Gasteiger charge is 2.00. The summed E-state index contributed by atoms with van der Waals surface area (Å²) in [5.74, 6) is 0. The monoisotopic (exact) mass is 152 g/mol. The van der Waals surface area contributed by atoms with Crippen molar-refractivity contribution >= 4 is 0 Å². The Balaban J connectivity index is 2.24. The molecule has 0 saturated carbocycles. The standard InChI is InChI=1S/C10H16O/c11-9-5-4-8-10-6-2-1-3-7-10/h4-6,11H,1-3,7-9H2/b5-4+. The molecule has 0 aromatic rings. The number of hydrogen-bond donors (Lipinski definition) is 1. The fourth-order valence-corrected chi connectivity index (χ4v) is 1.40. The summed E-state index contributed by atoms with van der Waals surface area (Å²) in [7, 11) is 0. The van der Waals surface area contributed by atoms with Gasteiger partial charge in [0.25, 0.3) is 0 Å². The van der Waals surface area contributed by atoms with Crippen LogP contribution in [0.5, 0.6) is 0 Å². The fraction of sp³-hybridized carbons (Fsp3) is 0.600. The summed E-state index contributed by atoms with van der Waals surface area (Å²) in [5.41, 5.74) is 1.54. The molecule has 1 rings (SSSR count). The average molecular weight is 152 g/mol. The van der Waals surface area contributed by atoms with Crippen molar-refractivity contribution in [2.45, 2.75) is 32.1 Å². The van der Waals surface area contributed by atoms with Crippen molar-refractivity contribution in [3.05, 3.63) is 23.8 Å². The molecule has 0 aromatic heterocycles. The van der Waals surface area contributed by atoms with E-state index in [4.69, 9.17) is 5.11 Å². The Hall–Kier alpha value is -0.560. The van der Waals surface area contributed by atoms with Crippen molar-refractivity contribution in [3.63, 3.8) is 0 Å². The number of allylic oxidation sites excluding steroid dienone is 3. The second-order valence-corrected chi connectivity index (χ2v) is 2.97. The molecule has 1 aliphatic carbocycles. The number of aliphatic hydroxyl groups is 1. The Morgan fingerprint density at radius 2 is 2.27 bits per heavy atom. The second-order valence-electron chi connectivity index (χ2n) is 2.97. The van der Waals surface area contributed by atoms with E-state index in [1.807, 2.05) is 6.08 Å². The number of hydrogen-bond acceptors (Lipinski definition) is 1. The SMILES string of the molecule is OC/C=C/CC1=CCCCC1. The van der Waals surface area contributed by atoms with Crippen LogP contribution < -0.4 is 0 Å². The molecule has 11 heavy (non-hydrogen) atoms. The molecular weight excluding hydrogens is 136 g/mol. The zero-order valence-electron chi connectivity index (χ0n) is 6.92. The zero-order valence-corrected chi connectivity index (χ0v) is 6.92. The highest BCUT2D eigenvalue weighted by Crippen LogP contribution is 2.19. The summed E-state index contributed by atoms with van der Waals surface area (Å²) in [6, 6.07) is 0. The molecule has 0 heterocycles. The molecule has 0 spiro atoms. The average Bonchev–Trinajstić information content (AvgIpc) is 2.07. The van der Waals surface area contributed by atoms with Crippen LogP contribution in [0.2, 0.25) is 0 Å². The van der Waals surface area contributed by atoms with E-state index in [0.717, 1.165) is 6.42 Å². The van der Waals surface area contributed by atoms with Gasteiger partial charge in [0, 0.05) is 0 Å². The van der Waals surface area contributed by atoms with E-state index in [1.165, 1.54) is 25.7 Å². The summed E-state index contributed by atoms with van der Waals surface area (Å²) in [4.78, 5) is 0. The van der Waals surface area contributed by atoms with Crippen LogP contribution in [-0.4, -0.2) is 11.7 Å². The van der Waals surface area contributed by atoms with E-state index in [9.17, 15) is 0 Å². The van der Waals surface area contributed by atoms with Crippen molar-refractivity contribution in [2.75, 3.05) is 6.61 Å². The van der Waals surface area contributed by atoms with Gasteiger partial charge in [-0.1, -0.05) is 23.8 Å². The van der Waals surface area contributed by atoms with E-state index < -0.39 is 0 Å². The van der Waals surface area contributed by atoms with Gasteiger partial charge >= 0.3 is 0 Å². The predicted octanol–water partition coefficient (Wildman–Crippen LogP) is 2.43. The lowest BCUT2D eigenvalue weighted by molar-refractivity contribution is 0.342. The molecule has 1 N–H and O–H groups in total. The first-order valence-electron chi connectivity index (χ1n) is 4.37. The topological polar surface area (TPSA) is 20.2 Å². The van der Waals surface area contributed by atoms with Crippen molar-refractivity contribution in [1.29, 1.82) is 0 Å². The Kier molecular flexibility index (Phi) is 3.99. The molecule has 0 bridgehead atoms. The molecular formula is C10H16O. The molecule has 0 aromatic carbocycles. The smallest absolute Gasteiger partial charge is 0.0612 e. The largest absolute Gasteiger partial charge is 0.392 e. The minimum atomic E-state index is 0.174. The molecule has 0 saturated heterocycles. The van der Waals surface area contributed by atoms with Crippen LogP contribution in [0.25, 0.3) is 0 Å². The number of aliphatic hydroxyl groups excluding tert-OH is 1. The Labute approximate surface area is 68.4 Å². The third kappa shape index (κ3) is 3.38. The molecule has 0 fully saturated rings. The lowest BCUT2D eigenvalue weighted by atomic mass is 9.97. The summed E-state index contributed by atoms with van der Waals surface area (Å²) in [5, 5.41) is 8.49. The van der Waals surface area contributed by atoms with Crippen molar-refractivity contribution in [2.24, 2.45) is 0 Å². The van der Waals surface area contributed by atoms with E-state index in [-0.39, 0.29) is 6.61 Å². The van der Waals surface area contributed by atoms with Crippen LogP contribution in [0.4, 0.5) is 0 Å². The van der Waals surface area contributed by atoms with Gasteiger partial charge in [-0.25, -0.2) is 0 Å². The van der Waals surface area contributed by atoms with Gasteiger partial charge in [0.1, 0.15) is 0 Å². The number of rotatable bonds is 3. The van der Waals surface area contributed by atoms with Crippen LogP contribution >= 0.6 is 0 Å². The van der Waals surface area contributed by atoms with Gasteiger partial charge in [-0.3, -0.25) is 0 Å². The van der Waals surface area contributed by atoms with Crippen LogP contribution in [0.3, 0.4) is 0 Å². The molecule has 0 atom stereocenters. The molecule has 1 heteroatoms. The summed E-state index contributed by atoms with van der Waals surface area (Å²) < 4.78 is 0. The van der Waals surface area contributed by atoms with Gasteiger partial charge in [-0.05, 0) is 32.1 Å². The molecule has 0 aliphatic heterocycles. The highest BCUT2D eigenvalue weighted by atomic mass is 16.2. The first-order chi connectivity index (χ1) is 5.43. The predicted molar refractivity (Wildman–Crippen MR) is 47.4 cm³/mol. The maximum Gasteiger partial charge on any atom is 0.0612 e. The quantitative estimate of drug-likeness (QED) is 0.616. The van der Waals surface area contributed by atoms with E-state index in [1.54, 1.807) is 5.57 Å². The lowest BCUT2D eigenvalue weighted by Gasteiger charge is -2.09. The highest BCUT2D eigenvalue weighted by molar-refractivity contribution is 5.09. The molecule has 1 nitrogen and oxygen atoms in total. The van der Waals surface area contributed by atoms with E-state index in [0.29, 0.717) is 0 Å². The van der Waals surface area contributed by atoms with Gasteiger partial charge in [0.2, 0.25) is 0 Å². The van der Waals surface area contributed by atoms with Crippen LogP contribution in [0.1, 0.15) is 32.1 Å². The van der Waals surface area contributed by atoms with Crippen molar-refractivity contribution in [3.8, 4) is 0 Å². The third-order valence-corrected chi connectivity index (χ3v) is 2.04. The Morgan fingerprint density at radius 1 is 1.36 bits per heavy atom. The van der Waals surface area contributed by atoms with Gasteiger partial charge in [-0.15, -0.1) is 0 Å². The molecule has 0 unspecified atom stereocenters. The normalized spacial score (nSPS) is 18.8. The second kappa shape index (κ2) is 5.14. The van der Waals surface area contributed by atoms with E-state index in [2.05, 4.69) is 12.2 Å². The van der Waals surface area contributed by atoms with Crippen LogP contribution in [0, 0.1) is 0 Å². The van der Waals surface area contributed by atoms with Crippen LogP contribution in [0.15, 0.2) is 23.8 Å². The molecule has 0 amide bonds.